The SMILES string of the molecule is CCN(C(C)c1ccccc1)S(=O)(=O)c1ccc2c(c1)CCN(C(=O)C1CC1)C2. The van der Waals surface area contributed by atoms with Crippen molar-refractivity contribution in [2.75, 3.05) is 13.1 Å². The molecule has 0 bridgehead atoms. The molecule has 6 heteroatoms. The van der Waals surface area contributed by atoms with Gasteiger partial charge in [0.05, 0.1) is 4.90 Å². The highest BCUT2D eigenvalue weighted by Gasteiger charge is 2.35. The summed E-state index contributed by atoms with van der Waals surface area (Å²) < 4.78 is 28.3. The monoisotopic (exact) mass is 412 g/mol. The Morgan fingerprint density at radius 2 is 1.86 bits per heavy atom. The van der Waals surface area contributed by atoms with Crippen LogP contribution in [0.15, 0.2) is 53.4 Å². The number of fused-ring (bicyclic) bond motifs is 1. The van der Waals surface area contributed by atoms with Gasteiger partial charge in [0.1, 0.15) is 0 Å². The molecule has 1 saturated carbocycles. The van der Waals surface area contributed by atoms with Crippen LogP contribution in [0.1, 0.15) is 49.4 Å². The summed E-state index contributed by atoms with van der Waals surface area (Å²) in [5, 5.41) is 0. The first-order chi connectivity index (χ1) is 13.9. The van der Waals surface area contributed by atoms with Crippen LogP contribution >= 0.6 is 0 Å². The Bertz CT molecular complexity index is 1000. The highest BCUT2D eigenvalue weighted by atomic mass is 32.2. The Hall–Kier alpha value is -2.18. The third kappa shape index (κ3) is 3.96. The van der Waals surface area contributed by atoms with Gasteiger partial charge >= 0.3 is 0 Å². The van der Waals surface area contributed by atoms with E-state index in [1.54, 1.807) is 10.4 Å². The van der Waals surface area contributed by atoms with Crippen molar-refractivity contribution in [1.82, 2.24) is 9.21 Å². The highest BCUT2D eigenvalue weighted by Crippen LogP contribution is 2.34. The lowest BCUT2D eigenvalue weighted by molar-refractivity contribution is -0.133. The molecule has 0 saturated heterocycles. The van der Waals surface area contributed by atoms with E-state index >= 15 is 0 Å². The number of amides is 1. The van der Waals surface area contributed by atoms with Crippen LogP contribution in [-0.2, 0) is 27.8 Å². The summed E-state index contributed by atoms with van der Waals surface area (Å²) >= 11 is 0. The number of benzene rings is 2. The molecule has 2 aromatic carbocycles. The van der Waals surface area contributed by atoms with Gasteiger partial charge in [-0.1, -0.05) is 43.3 Å². The van der Waals surface area contributed by atoms with Crippen molar-refractivity contribution in [1.29, 1.82) is 0 Å². The summed E-state index contributed by atoms with van der Waals surface area (Å²) in [4.78, 5) is 14.6. The van der Waals surface area contributed by atoms with Gasteiger partial charge in [0.25, 0.3) is 0 Å². The van der Waals surface area contributed by atoms with Crippen LogP contribution in [0.2, 0.25) is 0 Å². The van der Waals surface area contributed by atoms with Gasteiger partial charge in [-0.05, 0) is 55.0 Å². The molecule has 4 rings (SSSR count). The summed E-state index contributed by atoms with van der Waals surface area (Å²) in [5.41, 5.74) is 3.07. The second-order valence-electron chi connectivity index (χ2n) is 8.01. The molecule has 1 aliphatic heterocycles. The van der Waals surface area contributed by atoms with E-state index in [1.807, 2.05) is 61.2 Å². The average molecular weight is 413 g/mol. The number of carbonyl (C=O) groups excluding carboxylic acids is 1. The normalized spacial score (nSPS) is 17.8. The largest absolute Gasteiger partial charge is 0.338 e. The molecule has 1 unspecified atom stereocenters. The van der Waals surface area contributed by atoms with Crippen LogP contribution in [0.3, 0.4) is 0 Å². The molecule has 1 fully saturated rings. The van der Waals surface area contributed by atoms with Gasteiger partial charge in [-0.3, -0.25) is 4.79 Å². The molecule has 0 aromatic heterocycles. The van der Waals surface area contributed by atoms with Crippen LogP contribution in [-0.4, -0.2) is 36.6 Å². The topological polar surface area (TPSA) is 57.7 Å². The van der Waals surface area contributed by atoms with Crippen LogP contribution < -0.4 is 0 Å². The van der Waals surface area contributed by atoms with Crippen LogP contribution in [0.25, 0.3) is 0 Å². The zero-order chi connectivity index (χ0) is 20.6. The second-order valence-corrected chi connectivity index (χ2v) is 9.90. The van der Waals surface area contributed by atoms with Crippen LogP contribution in [0, 0.1) is 5.92 Å². The predicted octanol–water partition coefficient (Wildman–Crippen LogP) is 3.75. The maximum atomic E-state index is 13.4. The second kappa shape index (κ2) is 7.92. The van der Waals surface area contributed by atoms with E-state index < -0.39 is 10.0 Å². The van der Waals surface area contributed by atoms with Gasteiger partial charge in [-0.25, -0.2) is 8.42 Å². The molecule has 1 aliphatic carbocycles. The van der Waals surface area contributed by atoms with Gasteiger partial charge < -0.3 is 4.90 Å². The minimum atomic E-state index is -3.61. The highest BCUT2D eigenvalue weighted by molar-refractivity contribution is 7.89. The molecular weight excluding hydrogens is 384 g/mol. The summed E-state index contributed by atoms with van der Waals surface area (Å²) in [6, 6.07) is 14.9. The fourth-order valence-electron chi connectivity index (χ4n) is 4.15. The van der Waals surface area contributed by atoms with Crippen molar-refractivity contribution in [3.05, 3.63) is 65.2 Å². The Labute approximate surface area is 173 Å². The van der Waals surface area contributed by atoms with E-state index in [-0.39, 0.29) is 17.9 Å². The van der Waals surface area contributed by atoms with E-state index in [0.29, 0.717) is 31.0 Å². The number of sulfonamides is 1. The van der Waals surface area contributed by atoms with Crippen LogP contribution in [0.5, 0.6) is 0 Å². The van der Waals surface area contributed by atoms with Gasteiger partial charge in [-0.2, -0.15) is 4.31 Å². The van der Waals surface area contributed by atoms with E-state index in [4.69, 9.17) is 0 Å². The Morgan fingerprint density at radius 3 is 2.52 bits per heavy atom. The molecule has 29 heavy (non-hydrogen) atoms. The lowest BCUT2D eigenvalue weighted by atomic mass is 9.99. The average Bonchev–Trinajstić information content (AvgIpc) is 3.58. The maximum Gasteiger partial charge on any atom is 0.243 e. The van der Waals surface area contributed by atoms with Crippen LogP contribution in [0.4, 0.5) is 0 Å². The molecule has 1 heterocycles. The molecule has 1 atom stereocenters. The lowest BCUT2D eigenvalue weighted by Crippen LogP contribution is -2.37. The molecule has 2 aliphatic rings. The Balaban J connectivity index is 1.58. The molecule has 0 spiro atoms. The van der Waals surface area contributed by atoms with Crippen molar-refractivity contribution in [2.45, 2.75) is 50.6 Å². The van der Waals surface area contributed by atoms with Crippen molar-refractivity contribution in [3.8, 4) is 0 Å². The first-order valence-electron chi connectivity index (χ1n) is 10.4. The molecular formula is C23H28N2O3S. The number of rotatable bonds is 6. The lowest BCUT2D eigenvalue weighted by Gasteiger charge is -2.31. The molecule has 0 N–H and O–H groups in total. The minimum Gasteiger partial charge on any atom is -0.338 e. The number of carbonyl (C=O) groups is 1. The summed E-state index contributed by atoms with van der Waals surface area (Å²) in [6.45, 7) is 5.46. The summed E-state index contributed by atoms with van der Waals surface area (Å²) in [5.74, 6) is 0.468. The van der Waals surface area contributed by atoms with E-state index in [2.05, 4.69) is 0 Å². The van der Waals surface area contributed by atoms with Crippen molar-refractivity contribution >= 4 is 15.9 Å². The zero-order valence-electron chi connectivity index (χ0n) is 17.0. The number of nitrogens with zero attached hydrogens (tertiary/aromatic N) is 2. The van der Waals surface area contributed by atoms with Crippen molar-refractivity contribution in [2.24, 2.45) is 5.92 Å². The van der Waals surface area contributed by atoms with Crippen molar-refractivity contribution < 1.29 is 13.2 Å². The van der Waals surface area contributed by atoms with Gasteiger partial charge in [-0.15, -0.1) is 0 Å². The van der Waals surface area contributed by atoms with Crippen molar-refractivity contribution in [3.63, 3.8) is 0 Å². The smallest absolute Gasteiger partial charge is 0.243 e. The van der Waals surface area contributed by atoms with Gasteiger partial charge in [0.2, 0.25) is 15.9 Å². The molecule has 0 radical (unpaired) electrons. The standard InChI is InChI=1S/C23H28N2O3S/c1-3-25(17(2)18-7-5-4-6-8-18)29(27,28)22-12-11-21-16-24(14-13-20(21)15-22)23(26)19-9-10-19/h4-8,11-12,15,17,19H,3,9-10,13-14,16H2,1-2H3. The fourth-order valence-corrected chi connectivity index (χ4v) is 5.83. The van der Waals surface area contributed by atoms with Gasteiger partial charge in [0.15, 0.2) is 0 Å². The number of hydrogen-bond donors (Lipinski definition) is 0. The molecule has 154 valence electrons. The number of hydrogen-bond acceptors (Lipinski definition) is 3. The first-order valence-corrected chi connectivity index (χ1v) is 11.8. The molecule has 1 amide bonds. The maximum absolute atomic E-state index is 13.4. The predicted molar refractivity (Wildman–Crippen MR) is 113 cm³/mol. The fraction of sp³-hybridized carbons (Fsp3) is 0.435. The zero-order valence-corrected chi connectivity index (χ0v) is 17.9. The van der Waals surface area contributed by atoms with E-state index in [9.17, 15) is 13.2 Å². The molecule has 5 nitrogen and oxygen atoms in total. The third-order valence-electron chi connectivity index (χ3n) is 6.06. The summed E-state index contributed by atoms with van der Waals surface area (Å²) in [6.07, 6.45) is 2.72. The minimum absolute atomic E-state index is 0.216. The first kappa shape index (κ1) is 20.1. The van der Waals surface area contributed by atoms with E-state index in [0.717, 1.165) is 29.5 Å². The van der Waals surface area contributed by atoms with Gasteiger partial charge in [0, 0.05) is 31.6 Å². The third-order valence-corrected chi connectivity index (χ3v) is 8.10. The van der Waals surface area contributed by atoms with E-state index in [1.165, 1.54) is 0 Å². The molecule has 2 aromatic rings. The summed E-state index contributed by atoms with van der Waals surface area (Å²) in [7, 11) is -3.61. The Morgan fingerprint density at radius 1 is 1.14 bits per heavy atom. The quantitative estimate of drug-likeness (QED) is 0.726. The Kier molecular flexibility index (Phi) is 5.49.